The van der Waals surface area contributed by atoms with Gasteiger partial charge >= 0.3 is 6.09 Å². The molecule has 0 aliphatic rings. The Hall–Kier alpha value is -2.00. The van der Waals surface area contributed by atoms with Crippen molar-refractivity contribution in [2.24, 2.45) is 0 Å². The zero-order valence-electron chi connectivity index (χ0n) is 17.5. The van der Waals surface area contributed by atoms with Crippen LogP contribution in [0.4, 0.5) is 4.79 Å². The maximum Gasteiger partial charge on any atom is 0.407 e. The number of carbonyl (C=O) groups excluding carboxylic acids is 3. The summed E-state index contributed by atoms with van der Waals surface area (Å²) in [6.07, 6.45) is 0.417. The van der Waals surface area contributed by atoms with Crippen LogP contribution < -0.4 is 20.7 Å². The van der Waals surface area contributed by atoms with Gasteiger partial charge in [-0.05, 0) is 45.4 Å². The summed E-state index contributed by atoms with van der Waals surface area (Å²) in [6.45, 7) is 6.47. The van der Waals surface area contributed by atoms with Crippen molar-refractivity contribution in [2.75, 3.05) is 26.2 Å². The number of benzene rings is 1. The maximum atomic E-state index is 11.8. The zero-order chi connectivity index (χ0) is 22.6. The summed E-state index contributed by atoms with van der Waals surface area (Å²) in [5.74, 6) is 0.227. The Kier molecular flexibility index (Phi) is 11.6. The number of alkyl carbamates (subject to hydrolysis) is 1. The Morgan fingerprint density at radius 1 is 1.00 bits per heavy atom. The highest BCUT2D eigenvalue weighted by molar-refractivity contribution is 9.10. The van der Waals surface area contributed by atoms with Gasteiger partial charge in [0.2, 0.25) is 11.8 Å². The third kappa shape index (κ3) is 12.5. The molecule has 1 aromatic carbocycles. The summed E-state index contributed by atoms with van der Waals surface area (Å²) in [4.78, 5) is 35.0. The minimum absolute atomic E-state index is 0.124. The van der Waals surface area contributed by atoms with Crippen LogP contribution in [-0.2, 0) is 14.3 Å². The van der Waals surface area contributed by atoms with E-state index < -0.39 is 11.7 Å². The molecule has 1 rings (SSSR count). The first-order chi connectivity index (χ1) is 14.1. The molecule has 10 heteroatoms. The highest BCUT2D eigenvalue weighted by Gasteiger charge is 2.15. The molecule has 0 saturated heterocycles. The zero-order valence-corrected chi connectivity index (χ0v) is 19.8. The first kappa shape index (κ1) is 26.0. The molecule has 0 aromatic heterocycles. The molecule has 0 bridgehead atoms. The van der Waals surface area contributed by atoms with E-state index in [2.05, 4.69) is 31.9 Å². The molecule has 0 spiro atoms. The van der Waals surface area contributed by atoms with Crippen LogP contribution in [0, 0.1) is 0 Å². The van der Waals surface area contributed by atoms with Gasteiger partial charge in [0.25, 0.3) is 0 Å². The number of hydrogen-bond donors (Lipinski definition) is 3. The average molecular weight is 507 g/mol. The fourth-order valence-corrected chi connectivity index (χ4v) is 2.91. The number of carbonyl (C=O) groups is 3. The van der Waals surface area contributed by atoms with E-state index in [1.54, 1.807) is 32.9 Å². The molecule has 1 aromatic rings. The number of ether oxygens (including phenoxy) is 2. The number of hydrogen-bond acceptors (Lipinski definition) is 5. The van der Waals surface area contributed by atoms with Crippen molar-refractivity contribution in [3.8, 4) is 5.75 Å². The number of halogens is 2. The lowest BCUT2D eigenvalue weighted by Gasteiger charge is -2.19. The highest BCUT2D eigenvalue weighted by atomic mass is 79.9. The monoisotopic (exact) mass is 505 g/mol. The molecular formula is C20H29BrClN3O5. The van der Waals surface area contributed by atoms with Gasteiger partial charge in [0, 0.05) is 36.9 Å². The van der Waals surface area contributed by atoms with E-state index in [9.17, 15) is 14.4 Å². The van der Waals surface area contributed by atoms with Crippen molar-refractivity contribution in [1.82, 2.24) is 16.0 Å². The summed E-state index contributed by atoms with van der Waals surface area (Å²) in [7, 11) is 0. The van der Waals surface area contributed by atoms with Gasteiger partial charge in [-0.25, -0.2) is 4.79 Å². The van der Waals surface area contributed by atoms with Gasteiger partial charge < -0.3 is 25.4 Å². The Bertz CT molecular complexity index is 725. The topological polar surface area (TPSA) is 106 Å². The van der Waals surface area contributed by atoms with E-state index in [4.69, 9.17) is 21.1 Å². The molecule has 0 unspecified atom stereocenters. The van der Waals surface area contributed by atoms with Crippen LogP contribution in [0.3, 0.4) is 0 Å². The number of nitrogens with one attached hydrogen (secondary N) is 3. The van der Waals surface area contributed by atoms with Crippen LogP contribution in [0.5, 0.6) is 5.75 Å². The Morgan fingerprint density at radius 2 is 1.63 bits per heavy atom. The maximum absolute atomic E-state index is 11.8. The van der Waals surface area contributed by atoms with Gasteiger partial charge in [-0.15, -0.1) is 0 Å². The second-order valence-corrected chi connectivity index (χ2v) is 8.73. The summed E-state index contributed by atoms with van der Waals surface area (Å²) in [6, 6.07) is 5.33. The Morgan fingerprint density at radius 3 is 2.23 bits per heavy atom. The molecule has 8 nitrogen and oxygen atoms in total. The fourth-order valence-electron chi connectivity index (χ4n) is 2.18. The first-order valence-electron chi connectivity index (χ1n) is 9.65. The number of rotatable bonds is 11. The quantitative estimate of drug-likeness (QED) is 0.399. The lowest BCUT2D eigenvalue weighted by Crippen LogP contribution is -2.37. The highest BCUT2D eigenvalue weighted by Crippen LogP contribution is 2.27. The smallest absolute Gasteiger partial charge is 0.407 e. The van der Waals surface area contributed by atoms with Crippen LogP contribution in [0.15, 0.2) is 22.7 Å². The van der Waals surface area contributed by atoms with Crippen LogP contribution in [0.1, 0.15) is 40.0 Å². The fraction of sp³-hybridized carbons (Fsp3) is 0.550. The minimum Gasteiger partial charge on any atom is -0.492 e. The second kappa shape index (κ2) is 13.3. The molecule has 168 valence electrons. The molecule has 0 saturated carbocycles. The van der Waals surface area contributed by atoms with Crippen molar-refractivity contribution >= 4 is 45.4 Å². The third-order valence-corrected chi connectivity index (χ3v) is 4.28. The van der Waals surface area contributed by atoms with E-state index >= 15 is 0 Å². The molecule has 3 N–H and O–H groups in total. The molecule has 0 aliphatic heterocycles. The Labute approximate surface area is 190 Å². The summed E-state index contributed by atoms with van der Waals surface area (Å²) < 4.78 is 11.5. The lowest BCUT2D eigenvalue weighted by molar-refractivity contribution is -0.123. The van der Waals surface area contributed by atoms with Crippen LogP contribution >= 0.6 is 27.5 Å². The summed E-state index contributed by atoms with van der Waals surface area (Å²) >= 11 is 9.38. The van der Waals surface area contributed by atoms with Gasteiger partial charge in [0.05, 0.1) is 11.6 Å². The molecular weight excluding hydrogens is 478 g/mol. The normalized spacial score (nSPS) is 10.8. The van der Waals surface area contributed by atoms with E-state index in [0.717, 1.165) is 4.47 Å². The van der Waals surface area contributed by atoms with Gasteiger partial charge in [0.1, 0.15) is 11.4 Å². The molecule has 0 atom stereocenters. The SMILES string of the molecule is CC(C)(C)OC(=O)NCCC(=O)NCCNC(=O)CCCOc1ccc(Br)cc1Cl. The lowest BCUT2D eigenvalue weighted by atomic mass is 10.2. The van der Waals surface area contributed by atoms with Gasteiger partial charge in [0.15, 0.2) is 0 Å². The van der Waals surface area contributed by atoms with E-state index in [-0.39, 0.29) is 24.8 Å². The Balaban J connectivity index is 2.04. The molecule has 0 heterocycles. The second-order valence-electron chi connectivity index (χ2n) is 7.41. The minimum atomic E-state index is -0.581. The molecule has 30 heavy (non-hydrogen) atoms. The van der Waals surface area contributed by atoms with E-state index in [0.29, 0.717) is 43.3 Å². The van der Waals surface area contributed by atoms with Crippen molar-refractivity contribution < 1.29 is 23.9 Å². The first-order valence-corrected chi connectivity index (χ1v) is 10.8. The largest absolute Gasteiger partial charge is 0.492 e. The predicted molar refractivity (Wildman–Crippen MR) is 119 cm³/mol. The third-order valence-electron chi connectivity index (χ3n) is 3.49. The van der Waals surface area contributed by atoms with Crippen molar-refractivity contribution in [3.63, 3.8) is 0 Å². The van der Waals surface area contributed by atoms with Crippen molar-refractivity contribution in [2.45, 2.75) is 45.6 Å². The number of amides is 3. The van der Waals surface area contributed by atoms with Gasteiger partial charge in [-0.1, -0.05) is 27.5 Å². The standard InChI is InChI=1S/C20H29BrClN3O5/c1-20(2,3)30-19(28)25-9-8-18(27)24-11-10-23-17(26)5-4-12-29-16-7-6-14(21)13-15(16)22/h6-7,13H,4-5,8-12H2,1-3H3,(H,23,26)(H,24,27)(H,25,28). The molecule has 3 amide bonds. The predicted octanol–water partition coefficient (Wildman–Crippen LogP) is 3.41. The van der Waals surface area contributed by atoms with Crippen molar-refractivity contribution in [1.29, 1.82) is 0 Å². The van der Waals surface area contributed by atoms with Gasteiger partial charge in [-0.2, -0.15) is 0 Å². The average Bonchev–Trinajstić information content (AvgIpc) is 2.62. The van der Waals surface area contributed by atoms with E-state index in [1.165, 1.54) is 0 Å². The summed E-state index contributed by atoms with van der Waals surface area (Å²) in [5, 5.41) is 8.41. The summed E-state index contributed by atoms with van der Waals surface area (Å²) in [5.41, 5.74) is -0.581. The molecule has 0 aliphatic carbocycles. The van der Waals surface area contributed by atoms with Crippen LogP contribution in [-0.4, -0.2) is 49.7 Å². The molecule has 0 radical (unpaired) electrons. The van der Waals surface area contributed by atoms with Crippen LogP contribution in [0.2, 0.25) is 5.02 Å². The molecule has 0 fully saturated rings. The van der Waals surface area contributed by atoms with Crippen LogP contribution in [0.25, 0.3) is 0 Å². The van der Waals surface area contributed by atoms with Crippen molar-refractivity contribution in [3.05, 3.63) is 27.7 Å². The van der Waals surface area contributed by atoms with E-state index in [1.807, 2.05) is 6.07 Å². The van der Waals surface area contributed by atoms with Gasteiger partial charge in [-0.3, -0.25) is 9.59 Å².